The van der Waals surface area contributed by atoms with Gasteiger partial charge in [-0.1, -0.05) is 0 Å². The van der Waals surface area contributed by atoms with E-state index in [1.54, 1.807) is 18.9 Å². The fourth-order valence-corrected chi connectivity index (χ4v) is 4.16. The molecule has 1 atom stereocenters. The number of hydrogen-bond donors (Lipinski definition) is 1. The maximum absolute atomic E-state index is 12.9. The lowest BCUT2D eigenvalue weighted by Gasteiger charge is -2.36. The molecule has 2 amide bonds. The fraction of sp³-hybridized carbons (Fsp3) is 0.700. The molecule has 3 heterocycles. The highest BCUT2D eigenvalue weighted by Gasteiger charge is 2.30. The summed E-state index contributed by atoms with van der Waals surface area (Å²) >= 11 is 0. The number of piperidine rings is 2. The standard InChI is InChI=1S/C20H31N5O5/c1-4-30-20(29)24-10-7-15(8-11-24)21-18(27)14-6-5-9-25(13-14)16-12-17(26)23(3)19(28)22(16)2/h12,14-15H,4-11,13H2,1-3H3,(H,21,27). The van der Waals surface area contributed by atoms with Gasteiger partial charge in [0.1, 0.15) is 5.82 Å². The summed E-state index contributed by atoms with van der Waals surface area (Å²) in [5.74, 6) is 0.326. The number of carbonyl (C=O) groups excluding carboxylic acids is 2. The molecule has 1 aromatic rings. The molecular formula is C20H31N5O5. The van der Waals surface area contributed by atoms with Gasteiger partial charge >= 0.3 is 11.8 Å². The lowest BCUT2D eigenvalue weighted by Crippen LogP contribution is -2.51. The van der Waals surface area contributed by atoms with Gasteiger partial charge in [-0.15, -0.1) is 0 Å². The fourth-order valence-electron chi connectivity index (χ4n) is 4.16. The lowest BCUT2D eigenvalue weighted by molar-refractivity contribution is -0.126. The average molecular weight is 421 g/mol. The Morgan fingerprint density at radius 1 is 1.10 bits per heavy atom. The highest BCUT2D eigenvalue weighted by Crippen LogP contribution is 2.22. The van der Waals surface area contributed by atoms with Crippen molar-refractivity contribution in [3.63, 3.8) is 0 Å². The predicted molar refractivity (Wildman–Crippen MR) is 112 cm³/mol. The van der Waals surface area contributed by atoms with Gasteiger partial charge in [-0.25, -0.2) is 9.59 Å². The van der Waals surface area contributed by atoms with Crippen LogP contribution >= 0.6 is 0 Å². The zero-order valence-electron chi connectivity index (χ0n) is 17.9. The number of aromatic nitrogens is 2. The van der Waals surface area contributed by atoms with Crippen LogP contribution in [0.15, 0.2) is 15.7 Å². The number of anilines is 1. The van der Waals surface area contributed by atoms with Gasteiger partial charge in [0, 0.05) is 52.4 Å². The molecule has 2 fully saturated rings. The van der Waals surface area contributed by atoms with E-state index in [1.807, 2.05) is 4.90 Å². The van der Waals surface area contributed by atoms with Crippen LogP contribution in [0, 0.1) is 5.92 Å². The van der Waals surface area contributed by atoms with Crippen LogP contribution in [0.5, 0.6) is 0 Å². The van der Waals surface area contributed by atoms with Crippen LogP contribution in [0.3, 0.4) is 0 Å². The molecule has 10 heteroatoms. The van der Waals surface area contributed by atoms with E-state index in [0.29, 0.717) is 51.4 Å². The Bertz CT molecular complexity index is 900. The summed E-state index contributed by atoms with van der Waals surface area (Å²) in [7, 11) is 3.09. The quantitative estimate of drug-likeness (QED) is 0.736. The van der Waals surface area contributed by atoms with Crippen LogP contribution in [0.2, 0.25) is 0 Å². The van der Waals surface area contributed by atoms with Crippen LogP contribution in [0.1, 0.15) is 32.6 Å². The van der Waals surface area contributed by atoms with E-state index in [1.165, 1.54) is 17.7 Å². The van der Waals surface area contributed by atoms with Crippen molar-refractivity contribution >= 4 is 17.8 Å². The molecule has 30 heavy (non-hydrogen) atoms. The van der Waals surface area contributed by atoms with Gasteiger partial charge in [-0.3, -0.25) is 18.7 Å². The van der Waals surface area contributed by atoms with Gasteiger partial charge in [0.15, 0.2) is 0 Å². The van der Waals surface area contributed by atoms with Gasteiger partial charge in [0.2, 0.25) is 5.91 Å². The number of carbonyl (C=O) groups is 2. The normalized spacial score (nSPS) is 20.2. The molecule has 10 nitrogen and oxygen atoms in total. The average Bonchev–Trinajstić information content (AvgIpc) is 2.75. The van der Waals surface area contributed by atoms with Crippen molar-refractivity contribution in [2.45, 2.75) is 38.6 Å². The number of nitrogens with one attached hydrogen (secondary N) is 1. The third kappa shape index (κ3) is 4.68. The van der Waals surface area contributed by atoms with E-state index >= 15 is 0 Å². The first kappa shape index (κ1) is 21.9. The Kier molecular flexibility index (Phi) is 6.84. The second kappa shape index (κ2) is 9.36. The molecule has 0 saturated carbocycles. The number of hydrogen-bond acceptors (Lipinski definition) is 6. The third-order valence-electron chi connectivity index (χ3n) is 5.98. The Hall–Kier alpha value is -2.78. The zero-order valence-corrected chi connectivity index (χ0v) is 17.9. The topological polar surface area (TPSA) is 106 Å². The summed E-state index contributed by atoms with van der Waals surface area (Å²) in [5, 5.41) is 3.12. The molecule has 2 saturated heterocycles. The lowest BCUT2D eigenvalue weighted by atomic mass is 9.95. The van der Waals surface area contributed by atoms with Crippen LogP contribution in [0.25, 0.3) is 0 Å². The number of likely N-dealkylation sites (tertiary alicyclic amines) is 1. The monoisotopic (exact) mass is 421 g/mol. The first-order valence-electron chi connectivity index (χ1n) is 10.6. The van der Waals surface area contributed by atoms with Crippen molar-refractivity contribution < 1.29 is 14.3 Å². The van der Waals surface area contributed by atoms with E-state index in [9.17, 15) is 19.2 Å². The zero-order chi connectivity index (χ0) is 21.8. The van der Waals surface area contributed by atoms with Crippen molar-refractivity contribution in [2.24, 2.45) is 20.0 Å². The molecule has 0 spiro atoms. The molecule has 1 unspecified atom stereocenters. The summed E-state index contributed by atoms with van der Waals surface area (Å²) in [6.45, 7) is 4.43. The first-order valence-corrected chi connectivity index (χ1v) is 10.6. The second-order valence-corrected chi connectivity index (χ2v) is 8.00. The summed E-state index contributed by atoms with van der Waals surface area (Å²) in [6, 6.07) is 1.49. The van der Waals surface area contributed by atoms with Crippen LogP contribution in [0.4, 0.5) is 10.6 Å². The van der Waals surface area contributed by atoms with Crippen molar-refractivity contribution in [1.29, 1.82) is 0 Å². The van der Waals surface area contributed by atoms with Crippen LogP contribution in [-0.2, 0) is 23.6 Å². The molecule has 2 aliphatic heterocycles. The first-order chi connectivity index (χ1) is 14.3. The molecule has 0 radical (unpaired) electrons. The summed E-state index contributed by atoms with van der Waals surface area (Å²) in [6.07, 6.45) is 2.67. The maximum atomic E-state index is 12.9. The molecule has 3 rings (SSSR count). The van der Waals surface area contributed by atoms with Crippen molar-refractivity contribution in [2.75, 3.05) is 37.7 Å². The number of nitrogens with zero attached hydrogens (tertiary/aromatic N) is 4. The number of ether oxygens (including phenoxy) is 1. The highest BCUT2D eigenvalue weighted by molar-refractivity contribution is 5.80. The van der Waals surface area contributed by atoms with Crippen molar-refractivity contribution in [3.8, 4) is 0 Å². The molecule has 0 aliphatic carbocycles. The van der Waals surface area contributed by atoms with Crippen molar-refractivity contribution in [3.05, 3.63) is 26.9 Å². The minimum atomic E-state index is -0.377. The Morgan fingerprint density at radius 3 is 2.47 bits per heavy atom. The molecule has 166 valence electrons. The third-order valence-corrected chi connectivity index (χ3v) is 5.98. The van der Waals surface area contributed by atoms with Gasteiger partial charge in [0.05, 0.1) is 12.5 Å². The Balaban J connectivity index is 1.59. The van der Waals surface area contributed by atoms with E-state index < -0.39 is 0 Å². The Morgan fingerprint density at radius 2 is 1.80 bits per heavy atom. The molecule has 1 aromatic heterocycles. The second-order valence-electron chi connectivity index (χ2n) is 8.00. The number of amides is 2. The Labute approximate surface area is 175 Å². The largest absolute Gasteiger partial charge is 0.450 e. The molecule has 1 N–H and O–H groups in total. The SMILES string of the molecule is CCOC(=O)N1CCC(NC(=O)C2CCCN(c3cc(=O)n(C)c(=O)n3C)C2)CC1. The predicted octanol–water partition coefficient (Wildman–Crippen LogP) is 0.0375. The van der Waals surface area contributed by atoms with Gasteiger partial charge < -0.3 is 19.9 Å². The highest BCUT2D eigenvalue weighted by atomic mass is 16.6. The minimum Gasteiger partial charge on any atom is -0.450 e. The number of rotatable bonds is 4. The van der Waals surface area contributed by atoms with Gasteiger partial charge in [-0.05, 0) is 32.6 Å². The molecular weight excluding hydrogens is 390 g/mol. The van der Waals surface area contributed by atoms with Gasteiger partial charge in [-0.2, -0.15) is 0 Å². The maximum Gasteiger partial charge on any atom is 0.409 e. The van der Waals surface area contributed by atoms with Crippen LogP contribution in [-0.4, -0.2) is 64.9 Å². The van der Waals surface area contributed by atoms with E-state index in [4.69, 9.17) is 4.74 Å². The minimum absolute atomic E-state index is 0.0110. The van der Waals surface area contributed by atoms with E-state index in [0.717, 1.165) is 17.4 Å². The van der Waals surface area contributed by atoms with Gasteiger partial charge in [0.25, 0.3) is 5.56 Å². The summed E-state index contributed by atoms with van der Waals surface area (Å²) in [4.78, 5) is 52.6. The molecule has 2 aliphatic rings. The van der Waals surface area contributed by atoms with Crippen LogP contribution < -0.4 is 21.5 Å². The van der Waals surface area contributed by atoms with Crippen molar-refractivity contribution in [1.82, 2.24) is 19.4 Å². The molecule has 0 aromatic carbocycles. The van der Waals surface area contributed by atoms with E-state index in [2.05, 4.69) is 5.32 Å². The van der Waals surface area contributed by atoms with E-state index in [-0.39, 0.29) is 35.2 Å². The smallest absolute Gasteiger partial charge is 0.409 e. The molecule has 0 bridgehead atoms. The summed E-state index contributed by atoms with van der Waals surface area (Å²) in [5.41, 5.74) is -0.731. The summed E-state index contributed by atoms with van der Waals surface area (Å²) < 4.78 is 7.55.